The SMILES string of the molecule is COc1ccc2cc(CC/C(C)=C/OCc3ccccc3)ccc2c1. The Kier molecular flexibility index (Phi) is 5.73. The smallest absolute Gasteiger partial charge is 0.119 e. The third-order valence-corrected chi connectivity index (χ3v) is 4.30. The van der Waals surface area contributed by atoms with Gasteiger partial charge in [-0.3, -0.25) is 0 Å². The molecular weight excluding hydrogens is 308 g/mol. The maximum atomic E-state index is 5.69. The van der Waals surface area contributed by atoms with Crippen molar-refractivity contribution < 1.29 is 9.47 Å². The average molecular weight is 332 g/mol. The van der Waals surface area contributed by atoms with Crippen LogP contribution in [0, 0.1) is 0 Å². The summed E-state index contributed by atoms with van der Waals surface area (Å²) in [5.41, 5.74) is 3.79. The van der Waals surface area contributed by atoms with Gasteiger partial charge in [-0.1, -0.05) is 54.6 Å². The van der Waals surface area contributed by atoms with Crippen LogP contribution >= 0.6 is 0 Å². The van der Waals surface area contributed by atoms with E-state index in [0.29, 0.717) is 6.61 Å². The maximum absolute atomic E-state index is 5.69. The molecule has 2 nitrogen and oxygen atoms in total. The molecule has 0 heterocycles. The Morgan fingerprint density at radius 2 is 1.64 bits per heavy atom. The van der Waals surface area contributed by atoms with Gasteiger partial charge in [-0.2, -0.15) is 0 Å². The molecule has 0 amide bonds. The predicted octanol–water partition coefficient (Wildman–Crippen LogP) is 5.90. The fraction of sp³-hybridized carbons (Fsp3) is 0.217. The minimum atomic E-state index is 0.621. The zero-order valence-corrected chi connectivity index (χ0v) is 14.9. The number of hydrogen-bond acceptors (Lipinski definition) is 2. The standard InChI is InChI=1S/C23H24O2/c1-18(16-25-17-20-6-4-3-5-7-20)8-9-19-10-11-22-15-23(24-2)13-12-21(22)14-19/h3-7,10-16H,8-9,17H2,1-2H3/b18-16+. The molecule has 2 heteroatoms. The van der Waals surface area contributed by atoms with E-state index in [1.54, 1.807) is 7.11 Å². The third-order valence-electron chi connectivity index (χ3n) is 4.30. The van der Waals surface area contributed by atoms with Crippen molar-refractivity contribution in [1.82, 2.24) is 0 Å². The molecule has 3 aromatic rings. The van der Waals surface area contributed by atoms with E-state index in [4.69, 9.17) is 9.47 Å². The van der Waals surface area contributed by atoms with E-state index in [2.05, 4.69) is 49.4 Å². The molecule has 0 aliphatic rings. The van der Waals surface area contributed by atoms with Gasteiger partial charge in [-0.25, -0.2) is 0 Å². The predicted molar refractivity (Wildman–Crippen MR) is 104 cm³/mol. The highest BCUT2D eigenvalue weighted by atomic mass is 16.5. The molecule has 25 heavy (non-hydrogen) atoms. The Hall–Kier alpha value is -2.74. The molecule has 0 saturated heterocycles. The average Bonchev–Trinajstić information content (AvgIpc) is 2.66. The first kappa shape index (κ1) is 17.1. The minimum Gasteiger partial charge on any atom is -0.497 e. The van der Waals surface area contributed by atoms with Crippen molar-refractivity contribution in [3.63, 3.8) is 0 Å². The van der Waals surface area contributed by atoms with Crippen LogP contribution in [0.25, 0.3) is 10.8 Å². The molecule has 0 bridgehead atoms. The van der Waals surface area contributed by atoms with Crippen molar-refractivity contribution in [3.05, 3.63) is 89.7 Å². The van der Waals surface area contributed by atoms with Gasteiger partial charge < -0.3 is 9.47 Å². The lowest BCUT2D eigenvalue weighted by atomic mass is 10.0. The van der Waals surface area contributed by atoms with Crippen molar-refractivity contribution in [2.45, 2.75) is 26.4 Å². The van der Waals surface area contributed by atoms with Crippen LogP contribution in [0.1, 0.15) is 24.5 Å². The van der Waals surface area contributed by atoms with Crippen molar-refractivity contribution in [3.8, 4) is 5.75 Å². The van der Waals surface area contributed by atoms with E-state index in [-0.39, 0.29) is 0 Å². The number of ether oxygens (including phenoxy) is 2. The largest absolute Gasteiger partial charge is 0.497 e. The van der Waals surface area contributed by atoms with Crippen LogP contribution in [0.3, 0.4) is 0 Å². The number of rotatable bonds is 7. The molecule has 0 N–H and O–H groups in total. The lowest BCUT2D eigenvalue weighted by Crippen LogP contribution is -1.90. The first-order valence-corrected chi connectivity index (χ1v) is 8.62. The van der Waals surface area contributed by atoms with Crippen molar-refractivity contribution in [2.75, 3.05) is 7.11 Å². The Bertz CT molecular complexity index is 850. The first-order chi connectivity index (χ1) is 12.2. The zero-order valence-electron chi connectivity index (χ0n) is 14.9. The van der Waals surface area contributed by atoms with Crippen LogP contribution in [-0.2, 0) is 17.8 Å². The van der Waals surface area contributed by atoms with Gasteiger partial charge in [0.1, 0.15) is 12.4 Å². The summed E-state index contributed by atoms with van der Waals surface area (Å²) in [6.45, 7) is 2.74. The molecule has 0 aromatic heterocycles. The fourth-order valence-corrected chi connectivity index (χ4v) is 2.81. The van der Waals surface area contributed by atoms with E-state index in [9.17, 15) is 0 Å². The summed E-state index contributed by atoms with van der Waals surface area (Å²) in [5, 5.41) is 2.46. The molecule has 0 aliphatic heterocycles. The van der Waals surface area contributed by atoms with Gasteiger partial charge in [0.15, 0.2) is 0 Å². The highest BCUT2D eigenvalue weighted by Gasteiger charge is 2.00. The molecule has 0 aliphatic carbocycles. The summed E-state index contributed by atoms with van der Waals surface area (Å²) in [6.07, 6.45) is 3.90. The van der Waals surface area contributed by atoms with Crippen molar-refractivity contribution in [2.24, 2.45) is 0 Å². The molecule has 0 atom stereocenters. The molecule has 0 unspecified atom stereocenters. The zero-order chi connectivity index (χ0) is 17.5. The van der Waals surface area contributed by atoms with Gasteiger partial charge in [0, 0.05) is 0 Å². The topological polar surface area (TPSA) is 18.5 Å². The summed E-state index contributed by atoms with van der Waals surface area (Å²) >= 11 is 0. The van der Waals surface area contributed by atoms with E-state index in [1.807, 2.05) is 30.5 Å². The van der Waals surface area contributed by atoms with E-state index >= 15 is 0 Å². The van der Waals surface area contributed by atoms with Crippen LogP contribution in [0.5, 0.6) is 5.75 Å². The number of aryl methyl sites for hydroxylation is 1. The van der Waals surface area contributed by atoms with Crippen molar-refractivity contribution in [1.29, 1.82) is 0 Å². The van der Waals surface area contributed by atoms with Gasteiger partial charge >= 0.3 is 0 Å². The first-order valence-electron chi connectivity index (χ1n) is 8.62. The molecule has 0 radical (unpaired) electrons. The molecule has 3 rings (SSSR count). The second-order valence-corrected chi connectivity index (χ2v) is 6.31. The highest BCUT2D eigenvalue weighted by Crippen LogP contribution is 2.22. The Morgan fingerprint density at radius 3 is 2.44 bits per heavy atom. The molecule has 0 saturated carbocycles. The minimum absolute atomic E-state index is 0.621. The van der Waals surface area contributed by atoms with Gasteiger partial charge in [-0.05, 0) is 59.4 Å². The monoisotopic (exact) mass is 332 g/mol. The van der Waals surface area contributed by atoms with Crippen molar-refractivity contribution >= 4 is 10.8 Å². The second kappa shape index (κ2) is 8.39. The van der Waals surface area contributed by atoms with Crippen LogP contribution in [-0.4, -0.2) is 7.11 Å². The van der Waals surface area contributed by atoms with Gasteiger partial charge in [-0.15, -0.1) is 0 Å². The van der Waals surface area contributed by atoms with E-state index in [0.717, 1.165) is 18.6 Å². The fourth-order valence-electron chi connectivity index (χ4n) is 2.81. The van der Waals surface area contributed by atoms with E-state index < -0.39 is 0 Å². The Morgan fingerprint density at radius 1 is 0.880 bits per heavy atom. The Labute approximate surface area is 149 Å². The van der Waals surface area contributed by atoms with Crippen LogP contribution in [0.4, 0.5) is 0 Å². The normalized spacial score (nSPS) is 11.5. The number of methoxy groups -OCH3 is 1. The summed E-state index contributed by atoms with van der Waals surface area (Å²) < 4.78 is 11.0. The summed E-state index contributed by atoms with van der Waals surface area (Å²) in [4.78, 5) is 0. The molecule has 0 spiro atoms. The second-order valence-electron chi connectivity index (χ2n) is 6.31. The summed E-state index contributed by atoms with van der Waals surface area (Å²) in [6, 6.07) is 23.0. The maximum Gasteiger partial charge on any atom is 0.119 e. The van der Waals surface area contributed by atoms with Crippen LogP contribution in [0.15, 0.2) is 78.6 Å². The summed E-state index contributed by atoms with van der Waals surface area (Å²) in [5.74, 6) is 0.898. The highest BCUT2D eigenvalue weighted by molar-refractivity contribution is 5.84. The molecule has 3 aromatic carbocycles. The summed E-state index contributed by atoms with van der Waals surface area (Å²) in [7, 11) is 1.70. The quantitative estimate of drug-likeness (QED) is 0.501. The number of hydrogen-bond donors (Lipinski definition) is 0. The Balaban J connectivity index is 1.55. The van der Waals surface area contributed by atoms with Gasteiger partial charge in [0.25, 0.3) is 0 Å². The molecule has 128 valence electrons. The lowest BCUT2D eigenvalue weighted by molar-refractivity contribution is 0.233. The number of fused-ring (bicyclic) bond motifs is 1. The van der Waals surface area contributed by atoms with E-state index in [1.165, 1.54) is 27.5 Å². The third kappa shape index (κ3) is 4.87. The van der Waals surface area contributed by atoms with Crippen LogP contribution in [0.2, 0.25) is 0 Å². The van der Waals surface area contributed by atoms with Gasteiger partial charge in [0.05, 0.1) is 13.4 Å². The number of allylic oxidation sites excluding steroid dienone is 1. The van der Waals surface area contributed by atoms with Crippen LogP contribution < -0.4 is 4.74 Å². The molecule has 0 fully saturated rings. The molecular formula is C23H24O2. The number of benzene rings is 3. The lowest BCUT2D eigenvalue weighted by Gasteiger charge is -2.07. The van der Waals surface area contributed by atoms with Gasteiger partial charge in [0.2, 0.25) is 0 Å².